The number of carbonyl (C=O) groups excluding carboxylic acids is 2. The number of hydrogen-bond acceptors (Lipinski definition) is 8. The number of carbonyl (C=O) groups is 2. The number of ether oxygens (including phenoxy) is 4. The van der Waals surface area contributed by atoms with Crippen molar-refractivity contribution < 1.29 is 33.6 Å². The van der Waals surface area contributed by atoms with Crippen molar-refractivity contribution in [3.63, 3.8) is 0 Å². The molecular formula is C28H34N2O7. The zero-order valence-electron chi connectivity index (χ0n) is 21.8. The molecule has 2 saturated heterocycles. The Bertz CT molecular complexity index is 1190. The predicted octanol–water partition coefficient (Wildman–Crippen LogP) is 3.16. The molecule has 2 aliphatic heterocycles. The Morgan fingerprint density at radius 2 is 1.70 bits per heavy atom. The van der Waals surface area contributed by atoms with Gasteiger partial charge in [0.2, 0.25) is 0 Å². The highest BCUT2D eigenvalue weighted by Crippen LogP contribution is 2.44. The third-order valence-corrected chi connectivity index (χ3v) is 6.92. The first-order valence-electron chi connectivity index (χ1n) is 12.3. The van der Waals surface area contributed by atoms with E-state index in [-0.39, 0.29) is 11.3 Å². The zero-order chi connectivity index (χ0) is 26.5. The van der Waals surface area contributed by atoms with E-state index >= 15 is 0 Å². The Morgan fingerprint density at radius 1 is 0.973 bits per heavy atom. The summed E-state index contributed by atoms with van der Waals surface area (Å²) in [5.74, 6) is 0.102. The maximum atomic E-state index is 13.4. The number of aryl methyl sites for hydroxylation is 1. The van der Waals surface area contributed by atoms with Crippen LogP contribution in [0.15, 0.2) is 42.0 Å². The quantitative estimate of drug-likeness (QED) is 0.312. The lowest BCUT2D eigenvalue weighted by Gasteiger charge is -2.29. The largest absolute Gasteiger partial charge is 0.507 e. The Morgan fingerprint density at radius 3 is 2.35 bits per heavy atom. The van der Waals surface area contributed by atoms with Crippen LogP contribution in [-0.4, -0.2) is 87.3 Å². The first kappa shape index (κ1) is 26.5. The summed E-state index contributed by atoms with van der Waals surface area (Å²) in [4.78, 5) is 30.5. The predicted molar refractivity (Wildman–Crippen MR) is 138 cm³/mol. The summed E-state index contributed by atoms with van der Waals surface area (Å²) in [6.07, 6.45) is 0.670. The summed E-state index contributed by atoms with van der Waals surface area (Å²) in [5.41, 5.74) is 1.86. The summed E-state index contributed by atoms with van der Waals surface area (Å²) in [6, 6.07) is 9.57. The second-order valence-electron chi connectivity index (χ2n) is 9.09. The fourth-order valence-corrected chi connectivity index (χ4v) is 4.95. The van der Waals surface area contributed by atoms with E-state index in [1.165, 1.54) is 12.0 Å². The summed E-state index contributed by atoms with van der Waals surface area (Å²) in [5, 5.41) is 11.4. The number of aliphatic hydroxyl groups excluding tert-OH is 1. The molecule has 198 valence electrons. The van der Waals surface area contributed by atoms with Gasteiger partial charge in [-0.15, -0.1) is 0 Å². The van der Waals surface area contributed by atoms with Gasteiger partial charge >= 0.3 is 0 Å². The number of benzene rings is 2. The topological polar surface area (TPSA) is 97.8 Å². The number of morpholine rings is 1. The lowest BCUT2D eigenvalue weighted by atomic mass is 9.94. The van der Waals surface area contributed by atoms with Crippen molar-refractivity contribution >= 4 is 17.4 Å². The van der Waals surface area contributed by atoms with Gasteiger partial charge < -0.3 is 29.0 Å². The molecule has 2 aliphatic rings. The van der Waals surface area contributed by atoms with Gasteiger partial charge in [0.05, 0.1) is 46.2 Å². The van der Waals surface area contributed by atoms with E-state index in [1.54, 1.807) is 50.6 Å². The molecule has 2 heterocycles. The molecule has 9 nitrogen and oxygen atoms in total. The highest BCUT2D eigenvalue weighted by Gasteiger charge is 2.47. The van der Waals surface area contributed by atoms with Gasteiger partial charge in [0.15, 0.2) is 0 Å². The SMILES string of the molecule is COc1ccc([C@@H]2/C(=C(\O)c3ccc(OC)c(C)c3)C(=O)C(=O)N2CCCN2CCOCC2)c(OC)c1. The van der Waals surface area contributed by atoms with Gasteiger partial charge in [0.1, 0.15) is 23.0 Å². The Balaban J connectivity index is 1.75. The molecule has 0 aromatic heterocycles. The smallest absolute Gasteiger partial charge is 0.295 e. The van der Waals surface area contributed by atoms with Gasteiger partial charge in [0, 0.05) is 43.4 Å². The van der Waals surface area contributed by atoms with Crippen molar-refractivity contribution in [2.75, 3.05) is 60.7 Å². The van der Waals surface area contributed by atoms with E-state index < -0.39 is 17.7 Å². The molecule has 0 radical (unpaired) electrons. The average molecular weight is 511 g/mol. The maximum absolute atomic E-state index is 13.4. The minimum Gasteiger partial charge on any atom is -0.507 e. The normalized spacial score (nSPS) is 19.8. The fraction of sp³-hybridized carbons (Fsp3) is 0.429. The van der Waals surface area contributed by atoms with Crippen molar-refractivity contribution in [2.45, 2.75) is 19.4 Å². The van der Waals surface area contributed by atoms with Crippen molar-refractivity contribution in [3.05, 3.63) is 58.7 Å². The second-order valence-corrected chi connectivity index (χ2v) is 9.09. The van der Waals surface area contributed by atoms with Crippen LogP contribution in [0.1, 0.15) is 29.2 Å². The zero-order valence-corrected chi connectivity index (χ0v) is 21.8. The van der Waals surface area contributed by atoms with Crippen LogP contribution in [0.5, 0.6) is 17.2 Å². The third kappa shape index (κ3) is 5.42. The number of methoxy groups -OCH3 is 3. The maximum Gasteiger partial charge on any atom is 0.295 e. The Kier molecular flexibility index (Phi) is 8.35. The molecule has 0 spiro atoms. The Labute approximate surface area is 217 Å². The molecule has 1 atom stereocenters. The molecule has 0 aliphatic carbocycles. The number of aliphatic hydroxyl groups is 1. The van der Waals surface area contributed by atoms with Crippen LogP contribution < -0.4 is 14.2 Å². The number of amides is 1. The van der Waals surface area contributed by atoms with Crippen LogP contribution in [0, 0.1) is 6.92 Å². The molecule has 4 rings (SSSR count). The van der Waals surface area contributed by atoms with E-state index in [0.29, 0.717) is 54.6 Å². The number of hydrogen-bond donors (Lipinski definition) is 1. The standard InChI is InChI=1S/C28H34N2O7/c1-18-16-19(6-9-22(18)35-3)26(31)24-25(21-8-7-20(34-2)17-23(21)36-4)30(28(33)27(24)32)11-5-10-29-12-14-37-15-13-29/h6-9,16-17,25,31H,5,10-15H2,1-4H3/b26-24+/t25-/m1/s1. The van der Waals surface area contributed by atoms with Crippen molar-refractivity contribution in [2.24, 2.45) is 0 Å². The minimum atomic E-state index is -0.812. The van der Waals surface area contributed by atoms with Crippen molar-refractivity contribution in [3.8, 4) is 17.2 Å². The summed E-state index contributed by atoms with van der Waals surface area (Å²) < 4.78 is 21.7. The number of ketones is 1. The second kappa shape index (κ2) is 11.7. The van der Waals surface area contributed by atoms with Crippen molar-refractivity contribution in [1.29, 1.82) is 0 Å². The van der Waals surface area contributed by atoms with E-state index in [4.69, 9.17) is 18.9 Å². The van der Waals surface area contributed by atoms with E-state index in [0.717, 1.165) is 25.2 Å². The van der Waals surface area contributed by atoms with E-state index in [1.807, 2.05) is 6.92 Å². The molecule has 2 aromatic rings. The molecule has 9 heteroatoms. The molecule has 2 aromatic carbocycles. The minimum absolute atomic E-state index is 0.0319. The first-order valence-corrected chi connectivity index (χ1v) is 12.3. The lowest BCUT2D eigenvalue weighted by molar-refractivity contribution is -0.140. The molecule has 0 unspecified atom stereocenters. The van der Waals surface area contributed by atoms with Crippen LogP contribution in [0.25, 0.3) is 5.76 Å². The third-order valence-electron chi connectivity index (χ3n) is 6.92. The number of Topliss-reactive ketones (excluding diaryl/α,β-unsaturated/α-hetero) is 1. The summed E-state index contributed by atoms with van der Waals surface area (Å²) in [7, 11) is 4.65. The fourth-order valence-electron chi connectivity index (χ4n) is 4.95. The number of likely N-dealkylation sites (tertiary alicyclic amines) is 1. The summed E-state index contributed by atoms with van der Waals surface area (Å²) >= 11 is 0. The molecule has 0 saturated carbocycles. The van der Waals surface area contributed by atoms with Crippen LogP contribution in [-0.2, 0) is 14.3 Å². The highest BCUT2D eigenvalue weighted by atomic mass is 16.5. The monoisotopic (exact) mass is 510 g/mol. The van der Waals surface area contributed by atoms with Crippen LogP contribution in [0.4, 0.5) is 0 Å². The van der Waals surface area contributed by atoms with Gasteiger partial charge in [-0.2, -0.15) is 0 Å². The molecule has 2 fully saturated rings. The van der Waals surface area contributed by atoms with Crippen LogP contribution in [0.3, 0.4) is 0 Å². The van der Waals surface area contributed by atoms with Gasteiger partial charge in [0.25, 0.3) is 11.7 Å². The van der Waals surface area contributed by atoms with Gasteiger partial charge in [-0.3, -0.25) is 14.5 Å². The molecule has 1 N–H and O–H groups in total. The van der Waals surface area contributed by atoms with E-state index in [2.05, 4.69) is 4.90 Å². The molecule has 0 bridgehead atoms. The lowest BCUT2D eigenvalue weighted by Crippen LogP contribution is -2.39. The highest BCUT2D eigenvalue weighted by molar-refractivity contribution is 6.46. The Hall–Kier alpha value is -3.56. The van der Waals surface area contributed by atoms with Gasteiger partial charge in [-0.1, -0.05) is 0 Å². The van der Waals surface area contributed by atoms with Crippen LogP contribution >= 0.6 is 0 Å². The van der Waals surface area contributed by atoms with Crippen LogP contribution in [0.2, 0.25) is 0 Å². The number of rotatable bonds is 9. The number of nitrogens with zero attached hydrogens (tertiary/aromatic N) is 2. The van der Waals surface area contributed by atoms with E-state index in [9.17, 15) is 14.7 Å². The first-order chi connectivity index (χ1) is 17.9. The molecule has 37 heavy (non-hydrogen) atoms. The summed E-state index contributed by atoms with van der Waals surface area (Å²) in [6.45, 7) is 6.03. The van der Waals surface area contributed by atoms with Crippen molar-refractivity contribution in [1.82, 2.24) is 9.80 Å². The average Bonchev–Trinajstić information content (AvgIpc) is 3.17. The molecule has 1 amide bonds. The molecular weight excluding hydrogens is 476 g/mol. The van der Waals surface area contributed by atoms with Gasteiger partial charge in [-0.05, 0) is 49.2 Å². The van der Waals surface area contributed by atoms with Gasteiger partial charge in [-0.25, -0.2) is 0 Å².